The number of benzene rings is 1. The van der Waals surface area contributed by atoms with E-state index in [-0.39, 0.29) is 22.8 Å². The molecular weight excluding hydrogens is 364 g/mol. The van der Waals surface area contributed by atoms with Crippen molar-refractivity contribution in [2.24, 2.45) is 0 Å². The number of nitrogens with zero attached hydrogens (tertiary/aromatic N) is 2. The number of hydrogen-bond donors (Lipinski definition) is 2. The lowest BCUT2D eigenvalue weighted by molar-refractivity contribution is 0.0705. The van der Waals surface area contributed by atoms with E-state index in [2.05, 4.69) is 14.9 Å². The van der Waals surface area contributed by atoms with E-state index in [9.17, 15) is 13.2 Å². The predicted molar refractivity (Wildman–Crippen MR) is 103 cm³/mol. The topological polar surface area (TPSA) is 95.2 Å². The Labute approximate surface area is 160 Å². The van der Waals surface area contributed by atoms with Crippen LogP contribution in [0.4, 0.5) is 0 Å². The Balaban J connectivity index is 1.70. The molecule has 7 nitrogen and oxygen atoms in total. The summed E-state index contributed by atoms with van der Waals surface area (Å²) in [5.74, 6) is 0.183. The molecule has 8 heteroatoms. The third-order valence-corrected chi connectivity index (χ3v) is 6.66. The summed E-state index contributed by atoms with van der Waals surface area (Å²) in [6, 6.07) is 7.98. The van der Waals surface area contributed by atoms with Gasteiger partial charge in [-0.1, -0.05) is 6.92 Å². The molecule has 0 spiro atoms. The fourth-order valence-electron chi connectivity index (χ4n) is 3.28. The second kappa shape index (κ2) is 8.22. The minimum atomic E-state index is -3.56. The van der Waals surface area contributed by atoms with Gasteiger partial charge in [0, 0.05) is 42.5 Å². The third kappa shape index (κ3) is 4.56. The number of aromatic amines is 1. The van der Waals surface area contributed by atoms with Crippen LogP contribution in [0.2, 0.25) is 0 Å². The van der Waals surface area contributed by atoms with E-state index in [4.69, 9.17) is 0 Å². The molecule has 1 saturated heterocycles. The Kier molecular flexibility index (Phi) is 5.96. The maximum absolute atomic E-state index is 12.8. The van der Waals surface area contributed by atoms with Crippen molar-refractivity contribution in [3.05, 3.63) is 47.8 Å². The van der Waals surface area contributed by atoms with Crippen LogP contribution in [0.1, 0.15) is 55.1 Å². The zero-order valence-electron chi connectivity index (χ0n) is 15.7. The molecule has 1 amide bonds. The number of sulfonamides is 1. The summed E-state index contributed by atoms with van der Waals surface area (Å²) in [7, 11) is -3.56. The van der Waals surface area contributed by atoms with Gasteiger partial charge in [0.15, 0.2) is 0 Å². The minimum Gasteiger partial charge on any atom is -0.338 e. The Morgan fingerprint density at radius 3 is 2.70 bits per heavy atom. The molecule has 2 N–H and O–H groups in total. The molecule has 0 aliphatic carbocycles. The van der Waals surface area contributed by atoms with E-state index >= 15 is 0 Å². The van der Waals surface area contributed by atoms with E-state index in [0.717, 1.165) is 18.5 Å². The molecule has 0 saturated carbocycles. The molecule has 2 atom stereocenters. The lowest BCUT2D eigenvalue weighted by Gasteiger charge is -2.32. The number of piperidine rings is 1. The molecule has 1 aromatic heterocycles. The van der Waals surface area contributed by atoms with Crippen molar-refractivity contribution < 1.29 is 13.2 Å². The predicted octanol–water partition coefficient (Wildman–Crippen LogP) is 2.51. The number of amides is 1. The third-order valence-electron chi connectivity index (χ3n) is 5.05. The van der Waals surface area contributed by atoms with Gasteiger partial charge in [-0.15, -0.1) is 0 Å². The average Bonchev–Trinajstić information content (AvgIpc) is 3.22. The van der Waals surface area contributed by atoms with Crippen LogP contribution >= 0.6 is 0 Å². The molecule has 0 bridgehead atoms. The van der Waals surface area contributed by atoms with Crippen molar-refractivity contribution in [1.82, 2.24) is 19.8 Å². The maximum atomic E-state index is 12.8. The molecule has 1 aliphatic heterocycles. The highest BCUT2D eigenvalue weighted by atomic mass is 32.2. The van der Waals surface area contributed by atoms with Crippen LogP contribution in [-0.4, -0.2) is 48.6 Å². The van der Waals surface area contributed by atoms with Gasteiger partial charge < -0.3 is 4.90 Å². The van der Waals surface area contributed by atoms with Gasteiger partial charge in [-0.05, 0) is 56.5 Å². The Hall–Kier alpha value is -2.19. The highest BCUT2D eigenvalue weighted by Gasteiger charge is 2.26. The molecule has 3 rings (SSSR count). The van der Waals surface area contributed by atoms with Crippen LogP contribution < -0.4 is 4.72 Å². The number of aromatic nitrogens is 2. The molecule has 0 radical (unpaired) electrons. The van der Waals surface area contributed by atoms with E-state index in [1.165, 1.54) is 12.1 Å². The summed E-state index contributed by atoms with van der Waals surface area (Å²) in [6.45, 7) is 5.09. The first-order valence-electron chi connectivity index (χ1n) is 9.31. The second-order valence-electron chi connectivity index (χ2n) is 7.06. The van der Waals surface area contributed by atoms with Crippen molar-refractivity contribution in [3.8, 4) is 0 Å². The maximum Gasteiger partial charge on any atom is 0.253 e. The quantitative estimate of drug-likeness (QED) is 0.792. The molecule has 2 aromatic rings. The van der Waals surface area contributed by atoms with Crippen LogP contribution in [0, 0.1) is 0 Å². The number of likely N-dealkylation sites (tertiary alicyclic amines) is 1. The molecule has 146 valence electrons. The van der Waals surface area contributed by atoms with Crippen molar-refractivity contribution >= 4 is 15.9 Å². The number of H-pyrrole nitrogens is 1. The van der Waals surface area contributed by atoms with Gasteiger partial charge in [-0.2, -0.15) is 5.10 Å². The van der Waals surface area contributed by atoms with E-state index < -0.39 is 10.0 Å². The molecule has 27 heavy (non-hydrogen) atoms. The van der Waals surface area contributed by atoms with Gasteiger partial charge in [-0.3, -0.25) is 9.89 Å². The van der Waals surface area contributed by atoms with E-state index in [0.29, 0.717) is 25.1 Å². The van der Waals surface area contributed by atoms with Crippen molar-refractivity contribution in [2.45, 2.75) is 50.0 Å². The van der Waals surface area contributed by atoms with Crippen LogP contribution in [0.25, 0.3) is 0 Å². The molecule has 1 fully saturated rings. The fourth-order valence-corrected chi connectivity index (χ4v) is 4.61. The number of carbonyl (C=O) groups excluding carboxylic acids is 1. The van der Waals surface area contributed by atoms with Gasteiger partial charge in [0.05, 0.1) is 4.90 Å². The lowest BCUT2D eigenvalue weighted by atomic mass is 9.94. The number of carbonyl (C=O) groups is 1. The monoisotopic (exact) mass is 390 g/mol. The smallest absolute Gasteiger partial charge is 0.253 e. The zero-order chi connectivity index (χ0) is 19.4. The number of hydrogen-bond acceptors (Lipinski definition) is 4. The normalized spacial score (nSPS) is 19.0. The Bertz CT molecular complexity index is 863. The van der Waals surface area contributed by atoms with Crippen LogP contribution in [0.15, 0.2) is 41.4 Å². The summed E-state index contributed by atoms with van der Waals surface area (Å²) in [5, 5.41) is 6.98. The summed E-state index contributed by atoms with van der Waals surface area (Å²) >= 11 is 0. The fraction of sp³-hybridized carbons (Fsp3) is 0.474. The van der Waals surface area contributed by atoms with Gasteiger partial charge >= 0.3 is 0 Å². The SMILES string of the molecule is CC[C@H](C)NS(=O)(=O)c1ccc(C(=O)N2CCC[C@H](c3ccn[nH]3)C2)cc1. The Morgan fingerprint density at radius 1 is 1.33 bits per heavy atom. The molecular formula is C19H26N4O3S. The standard InChI is InChI=1S/C19H26N4O3S/c1-3-14(2)22-27(25,26)17-8-6-15(7-9-17)19(24)23-12-4-5-16(13-23)18-10-11-20-21-18/h6-11,14,16,22H,3-5,12-13H2,1-2H3,(H,20,21)/t14-,16-/m0/s1. The van der Waals surface area contributed by atoms with Crippen molar-refractivity contribution in [3.63, 3.8) is 0 Å². The molecule has 1 aliphatic rings. The summed E-state index contributed by atoms with van der Waals surface area (Å²) in [6.07, 6.45) is 4.39. The largest absolute Gasteiger partial charge is 0.338 e. The van der Waals surface area contributed by atoms with Gasteiger partial charge in [0.2, 0.25) is 10.0 Å². The van der Waals surface area contributed by atoms with Crippen LogP contribution in [0.5, 0.6) is 0 Å². The lowest BCUT2D eigenvalue weighted by Crippen LogP contribution is -2.39. The van der Waals surface area contributed by atoms with Gasteiger partial charge in [0.1, 0.15) is 0 Å². The number of nitrogens with one attached hydrogen (secondary N) is 2. The van der Waals surface area contributed by atoms with Gasteiger partial charge in [0.25, 0.3) is 5.91 Å². The van der Waals surface area contributed by atoms with Crippen molar-refractivity contribution in [1.29, 1.82) is 0 Å². The minimum absolute atomic E-state index is 0.0713. The number of rotatable bonds is 6. The highest BCUT2D eigenvalue weighted by molar-refractivity contribution is 7.89. The summed E-state index contributed by atoms with van der Waals surface area (Å²) in [5.41, 5.74) is 1.55. The van der Waals surface area contributed by atoms with E-state index in [1.54, 1.807) is 18.3 Å². The van der Waals surface area contributed by atoms with E-state index in [1.807, 2.05) is 24.8 Å². The average molecular weight is 391 g/mol. The summed E-state index contributed by atoms with van der Waals surface area (Å²) in [4.78, 5) is 14.8. The first-order chi connectivity index (χ1) is 12.9. The molecule has 0 unspecified atom stereocenters. The molecule has 1 aromatic carbocycles. The van der Waals surface area contributed by atoms with Crippen LogP contribution in [0.3, 0.4) is 0 Å². The van der Waals surface area contributed by atoms with Crippen LogP contribution in [-0.2, 0) is 10.0 Å². The Morgan fingerprint density at radius 2 is 2.07 bits per heavy atom. The second-order valence-corrected chi connectivity index (χ2v) is 8.77. The first kappa shape index (κ1) is 19.6. The van der Waals surface area contributed by atoms with Crippen molar-refractivity contribution in [2.75, 3.05) is 13.1 Å². The van der Waals surface area contributed by atoms with Gasteiger partial charge in [-0.25, -0.2) is 13.1 Å². The summed E-state index contributed by atoms with van der Waals surface area (Å²) < 4.78 is 27.3. The molecule has 2 heterocycles. The first-order valence-corrected chi connectivity index (χ1v) is 10.8. The highest BCUT2D eigenvalue weighted by Crippen LogP contribution is 2.26. The zero-order valence-corrected chi connectivity index (χ0v) is 16.5.